The van der Waals surface area contributed by atoms with Crippen molar-refractivity contribution < 1.29 is 19.1 Å². The first-order valence-corrected chi connectivity index (χ1v) is 8.86. The van der Waals surface area contributed by atoms with E-state index in [0.29, 0.717) is 24.3 Å². The standard InChI is InChI=1S/C20H20N4O4/c1-2-27-17-10-8-16(9-11-17)19(25)13-28-20(26)18(24-14-21-22-23-24)12-15-6-4-3-5-7-15/h3-11,14,18H,2,12-13H2,1H3/t18-/m0/s1. The summed E-state index contributed by atoms with van der Waals surface area (Å²) in [6.45, 7) is 2.07. The molecule has 0 aliphatic heterocycles. The SMILES string of the molecule is CCOc1ccc(C(=O)COC(=O)[C@H](Cc2ccccc2)n2cnnn2)cc1. The second-order valence-electron chi connectivity index (χ2n) is 5.98. The summed E-state index contributed by atoms with van der Waals surface area (Å²) in [5.74, 6) is -0.195. The van der Waals surface area contributed by atoms with E-state index in [0.717, 1.165) is 5.56 Å². The quantitative estimate of drug-likeness (QED) is 0.415. The van der Waals surface area contributed by atoms with Gasteiger partial charge >= 0.3 is 5.97 Å². The molecule has 28 heavy (non-hydrogen) atoms. The predicted molar refractivity (Wildman–Crippen MR) is 99.9 cm³/mol. The summed E-state index contributed by atoms with van der Waals surface area (Å²) >= 11 is 0. The van der Waals surface area contributed by atoms with Gasteiger partial charge in [-0.15, -0.1) is 5.10 Å². The molecule has 1 aromatic heterocycles. The molecule has 0 saturated heterocycles. The molecule has 3 aromatic rings. The van der Waals surface area contributed by atoms with Crippen LogP contribution in [0.4, 0.5) is 0 Å². The average Bonchev–Trinajstić information content (AvgIpc) is 3.26. The lowest BCUT2D eigenvalue weighted by Gasteiger charge is -2.15. The number of esters is 1. The first-order chi connectivity index (χ1) is 13.7. The molecule has 0 amide bonds. The van der Waals surface area contributed by atoms with Crippen molar-refractivity contribution in [3.05, 3.63) is 72.1 Å². The van der Waals surface area contributed by atoms with E-state index in [9.17, 15) is 9.59 Å². The highest BCUT2D eigenvalue weighted by Gasteiger charge is 2.25. The fourth-order valence-electron chi connectivity index (χ4n) is 2.65. The molecule has 0 spiro atoms. The Kier molecular flexibility index (Phi) is 6.46. The Morgan fingerprint density at radius 1 is 1.07 bits per heavy atom. The van der Waals surface area contributed by atoms with Crippen LogP contribution in [0, 0.1) is 0 Å². The van der Waals surface area contributed by atoms with Gasteiger partial charge in [0.2, 0.25) is 0 Å². The minimum Gasteiger partial charge on any atom is -0.494 e. The van der Waals surface area contributed by atoms with E-state index in [1.54, 1.807) is 24.3 Å². The Morgan fingerprint density at radius 3 is 2.46 bits per heavy atom. The van der Waals surface area contributed by atoms with Gasteiger partial charge in [0.15, 0.2) is 18.4 Å². The average molecular weight is 380 g/mol. The lowest BCUT2D eigenvalue weighted by Crippen LogP contribution is -2.26. The molecule has 0 bridgehead atoms. The van der Waals surface area contributed by atoms with Gasteiger partial charge in [0.25, 0.3) is 0 Å². The zero-order valence-corrected chi connectivity index (χ0v) is 15.4. The molecule has 0 aliphatic carbocycles. The summed E-state index contributed by atoms with van der Waals surface area (Å²) in [5.41, 5.74) is 1.37. The maximum atomic E-state index is 12.6. The van der Waals surface area contributed by atoms with E-state index in [-0.39, 0.29) is 12.4 Å². The van der Waals surface area contributed by atoms with Gasteiger partial charge < -0.3 is 9.47 Å². The van der Waals surface area contributed by atoms with Crippen LogP contribution >= 0.6 is 0 Å². The Morgan fingerprint density at radius 2 is 1.82 bits per heavy atom. The van der Waals surface area contributed by atoms with E-state index < -0.39 is 12.0 Å². The van der Waals surface area contributed by atoms with Crippen molar-refractivity contribution in [3.63, 3.8) is 0 Å². The number of Topliss-reactive ketones (excluding diaryl/α,β-unsaturated/α-hetero) is 1. The second kappa shape index (κ2) is 9.40. The zero-order chi connectivity index (χ0) is 19.8. The first-order valence-electron chi connectivity index (χ1n) is 8.86. The number of aromatic nitrogens is 4. The van der Waals surface area contributed by atoms with Crippen LogP contribution in [0.3, 0.4) is 0 Å². The Balaban J connectivity index is 1.64. The molecule has 144 valence electrons. The van der Waals surface area contributed by atoms with Crippen LogP contribution in [-0.2, 0) is 16.0 Å². The van der Waals surface area contributed by atoms with E-state index in [1.165, 1.54) is 11.0 Å². The maximum Gasteiger partial charge on any atom is 0.331 e. The van der Waals surface area contributed by atoms with E-state index in [2.05, 4.69) is 15.5 Å². The molecular weight excluding hydrogens is 360 g/mol. The number of tetrazole rings is 1. The van der Waals surface area contributed by atoms with Crippen LogP contribution in [0.1, 0.15) is 28.9 Å². The number of carbonyl (C=O) groups is 2. The second-order valence-corrected chi connectivity index (χ2v) is 5.98. The molecule has 3 rings (SSSR count). The summed E-state index contributed by atoms with van der Waals surface area (Å²) in [5, 5.41) is 11.0. The summed E-state index contributed by atoms with van der Waals surface area (Å²) in [7, 11) is 0. The predicted octanol–water partition coefficient (Wildman–Crippen LogP) is 2.28. The highest BCUT2D eigenvalue weighted by atomic mass is 16.5. The van der Waals surface area contributed by atoms with Gasteiger partial charge in [-0.3, -0.25) is 4.79 Å². The van der Waals surface area contributed by atoms with E-state index in [1.807, 2.05) is 37.3 Å². The van der Waals surface area contributed by atoms with Gasteiger partial charge in [-0.1, -0.05) is 30.3 Å². The molecule has 0 aliphatic rings. The van der Waals surface area contributed by atoms with Crippen LogP contribution in [0.25, 0.3) is 0 Å². The molecule has 1 heterocycles. The van der Waals surface area contributed by atoms with Crippen LogP contribution in [0.5, 0.6) is 5.75 Å². The Bertz CT molecular complexity index is 896. The maximum absolute atomic E-state index is 12.6. The minimum absolute atomic E-state index is 0.299. The van der Waals surface area contributed by atoms with Gasteiger partial charge in [0, 0.05) is 12.0 Å². The Labute approximate surface area is 162 Å². The molecule has 0 radical (unpaired) electrons. The molecule has 0 fully saturated rings. The van der Waals surface area contributed by atoms with Crippen molar-refractivity contribution >= 4 is 11.8 Å². The van der Waals surface area contributed by atoms with Crippen molar-refractivity contribution in [1.82, 2.24) is 20.2 Å². The number of rotatable bonds is 9. The fourth-order valence-corrected chi connectivity index (χ4v) is 2.65. The lowest BCUT2D eigenvalue weighted by molar-refractivity contribution is -0.146. The summed E-state index contributed by atoms with van der Waals surface area (Å²) in [6.07, 6.45) is 1.70. The molecule has 0 unspecified atom stereocenters. The third kappa shape index (κ3) is 5.00. The van der Waals surface area contributed by atoms with Crippen molar-refractivity contribution in [1.29, 1.82) is 0 Å². The lowest BCUT2D eigenvalue weighted by atomic mass is 10.1. The smallest absolute Gasteiger partial charge is 0.331 e. The normalized spacial score (nSPS) is 11.6. The van der Waals surface area contributed by atoms with Gasteiger partial charge in [-0.2, -0.15) is 0 Å². The van der Waals surface area contributed by atoms with Gasteiger partial charge in [0.1, 0.15) is 12.1 Å². The number of hydrogen-bond acceptors (Lipinski definition) is 7. The third-order valence-corrected chi connectivity index (χ3v) is 4.06. The molecule has 8 heteroatoms. The summed E-state index contributed by atoms with van der Waals surface area (Å²) in [6, 6.07) is 15.4. The number of ether oxygens (including phenoxy) is 2. The molecular formula is C20H20N4O4. The monoisotopic (exact) mass is 380 g/mol. The van der Waals surface area contributed by atoms with Gasteiger partial charge in [0.05, 0.1) is 6.61 Å². The molecule has 0 saturated carbocycles. The van der Waals surface area contributed by atoms with Crippen LogP contribution < -0.4 is 4.74 Å². The minimum atomic E-state index is -0.759. The van der Waals surface area contributed by atoms with Crippen molar-refractivity contribution in [2.24, 2.45) is 0 Å². The van der Waals surface area contributed by atoms with Crippen LogP contribution in [-0.4, -0.2) is 45.2 Å². The summed E-state index contributed by atoms with van der Waals surface area (Å²) < 4.78 is 11.9. The van der Waals surface area contributed by atoms with E-state index >= 15 is 0 Å². The van der Waals surface area contributed by atoms with Crippen LogP contribution in [0.2, 0.25) is 0 Å². The largest absolute Gasteiger partial charge is 0.494 e. The number of benzene rings is 2. The highest BCUT2D eigenvalue weighted by Crippen LogP contribution is 2.16. The topological polar surface area (TPSA) is 96.2 Å². The third-order valence-electron chi connectivity index (χ3n) is 4.06. The van der Waals surface area contributed by atoms with Crippen LogP contribution in [0.15, 0.2) is 60.9 Å². The molecule has 1 atom stereocenters. The van der Waals surface area contributed by atoms with Crippen molar-refractivity contribution in [2.45, 2.75) is 19.4 Å². The number of carbonyl (C=O) groups excluding carboxylic acids is 2. The molecule has 8 nitrogen and oxygen atoms in total. The zero-order valence-electron chi connectivity index (χ0n) is 15.4. The fraction of sp³-hybridized carbons (Fsp3) is 0.250. The molecule has 0 N–H and O–H groups in total. The number of hydrogen-bond donors (Lipinski definition) is 0. The van der Waals surface area contributed by atoms with Gasteiger partial charge in [-0.25, -0.2) is 9.48 Å². The van der Waals surface area contributed by atoms with E-state index in [4.69, 9.17) is 9.47 Å². The highest BCUT2D eigenvalue weighted by molar-refractivity contribution is 5.98. The Hall–Kier alpha value is -3.55. The first kappa shape index (κ1) is 19.2. The number of nitrogens with zero attached hydrogens (tertiary/aromatic N) is 4. The molecule has 2 aromatic carbocycles. The summed E-state index contributed by atoms with van der Waals surface area (Å²) in [4.78, 5) is 24.9. The van der Waals surface area contributed by atoms with Crippen molar-refractivity contribution in [2.75, 3.05) is 13.2 Å². The van der Waals surface area contributed by atoms with Gasteiger partial charge in [-0.05, 0) is 47.2 Å². The number of ketones is 1. The van der Waals surface area contributed by atoms with Crippen molar-refractivity contribution in [3.8, 4) is 5.75 Å².